The number of hydrogen-bond acceptors (Lipinski definition) is 3. The van der Waals surface area contributed by atoms with Crippen molar-refractivity contribution in [3.05, 3.63) is 0 Å². The van der Waals surface area contributed by atoms with Crippen LogP contribution in [0.5, 0.6) is 0 Å². The summed E-state index contributed by atoms with van der Waals surface area (Å²) in [6.07, 6.45) is 0.427. The monoisotopic (exact) mass is 185 g/mol. The highest BCUT2D eigenvalue weighted by molar-refractivity contribution is 5.89. The molecule has 0 bridgehead atoms. The summed E-state index contributed by atoms with van der Waals surface area (Å²) in [6, 6.07) is -0.273. The Morgan fingerprint density at radius 1 is 1.62 bits per heavy atom. The van der Waals surface area contributed by atoms with E-state index in [0.717, 1.165) is 0 Å². The normalized spacial score (nSPS) is 19.3. The van der Waals surface area contributed by atoms with Crippen molar-refractivity contribution in [1.82, 2.24) is 0 Å². The van der Waals surface area contributed by atoms with Crippen LogP contribution >= 0.6 is 0 Å². The van der Waals surface area contributed by atoms with E-state index in [-0.39, 0.29) is 11.8 Å². The number of aliphatic imine (C=N–C) groups is 1. The molecule has 0 heterocycles. The highest BCUT2D eigenvalue weighted by Gasteiger charge is 2.32. The molecule has 4 N–H and O–H groups in total. The molecule has 0 aliphatic carbocycles. The zero-order valence-corrected chi connectivity index (χ0v) is 8.79. The SMILES string of the molecule is CCC(=O)C(C)(N)C(C)N=C(C)N. The molecule has 0 amide bonds. The Balaban J connectivity index is 4.63. The molecule has 0 saturated carbocycles. The number of ketones is 1. The lowest BCUT2D eigenvalue weighted by Crippen LogP contribution is -2.53. The number of Topliss-reactive ketones (excluding diaryl/α,β-unsaturated/α-hetero) is 1. The summed E-state index contributed by atoms with van der Waals surface area (Å²) in [5.74, 6) is 0.457. The molecule has 0 rings (SSSR count). The molecule has 13 heavy (non-hydrogen) atoms. The van der Waals surface area contributed by atoms with Crippen LogP contribution in [0.2, 0.25) is 0 Å². The van der Waals surface area contributed by atoms with Gasteiger partial charge in [-0.25, -0.2) is 0 Å². The first-order valence-corrected chi connectivity index (χ1v) is 4.44. The summed E-state index contributed by atoms with van der Waals surface area (Å²) < 4.78 is 0. The molecule has 2 unspecified atom stereocenters. The first-order chi connectivity index (χ1) is 5.82. The van der Waals surface area contributed by atoms with Gasteiger partial charge in [-0.2, -0.15) is 0 Å². The summed E-state index contributed by atoms with van der Waals surface area (Å²) in [5.41, 5.74) is 10.4. The van der Waals surface area contributed by atoms with Gasteiger partial charge < -0.3 is 11.5 Å². The van der Waals surface area contributed by atoms with Crippen LogP contribution in [0.4, 0.5) is 0 Å². The molecule has 2 atom stereocenters. The molecule has 4 heteroatoms. The average Bonchev–Trinajstić information content (AvgIpc) is 2.01. The maximum Gasteiger partial charge on any atom is 0.154 e. The van der Waals surface area contributed by atoms with Gasteiger partial charge in [-0.1, -0.05) is 6.92 Å². The smallest absolute Gasteiger partial charge is 0.154 e. The van der Waals surface area contributed by atoms with Crippen LogP contribution in [0.15, 0.2) is 4.99 Å². The van der Waals surface area contributed by atoms with E-state index < -0.39 is 5.54 Å². The summed E-state index contributed by atoms with van der Waals surface area (Å²) in [6.45, 7) is 6.96. The van der Waals surface area contributed by atoms with Crippen molar-refractivity contribution in [3.8, 4) is 0 Å². The van der Waals surface area contributed by atoms with E-state index in [0.29, 0.717) is 12.3 Å². The Bertz CT molecular complexity index is 217. The second-order valence-electron chi connectivity index (χ2n) is 3.51. The maximum absolute atomic E-state index is 11.4. The fourth-order valence-corrected chi connectivity index (χ4v) is 1.05. The van der Waals surface area contributed by atoms with Crippen LogP contribution in [-0.4, -0.2) is 23.2 Å². The third-order valence-electron chi connectivity index (χ3n) is 2.19. The van der Waals surface area contributed by atoms with Crippen molar-refractivity contribution in [2.75, 3.05) is 0 Å². The van der Waals surface area contributed by atoms with E-state index in [1.807, 2.05) is 0 Å². The molecule has 0 radical (unpaired) electrons. The first kappa shape index (κ1) is 12.1. The summed E-state index contributed by atoms with van der Waals surface area (Å²) in [4.78, 5) is 15.5. The van der Waals surface area contributed by atoms with Crippen molar-refractivity contribution in [2.45, 2.75) is 45.7 Å². The van der Waals surface area contributed by atoms with E-state index in [9.17, 15) is 4.79 Å². The van der Waals surface area contributed by atoms with Crippen LogP contribution in [0.3, 0.4) is 0 Å². The summed E-state index contributed by atoms with van der Waals surface area (Å²) in [5, 5.41) is 0. The highest BCUT2D eigenvalue weighted by Crippen LogP contribution is 2.13. The van der Waals surface area contributed by atoms with Gasteiger partial charge in [-0.05, 0) is 20.8 Å². The van der Waals surface area contributed by atoms with Gasteiger partial charge in [0.1, 0.15) is 0 Å². The van der Waals surface area contributed by atoms with Gasteiger partial charge in [0, 0.05) is 6.42 Å². The van der Waals surface area contributed by atoms with E-state index >= 15 is 0 Å². The van der Waals surface area contributed by atoms with Crippen molar-refractivity contribution in [3.63, 3.8) is 0 Å². The average molecular weight is 185 g/mol. The molecule has 0 fully saturated rings. The molecule has 0 spiro atoms. The van der Waals surface area contributed by atoms with Crippen molar-refractivity contribution < 1.29 is 4.79 Å². The van der Waals surface area contributed by atoms with Crippen molar-refractivity contribution in [1.29, 1.82) is 0 Å². The predicted octanol–water partition coefficient (Wildman–Crippen LogP) is 0.449. The third kappa shape index (κ3) is 3.14. The number of nitrogens with zero attached hydrogens (tertiary/aromatic N) is 1. The molecular formula is C9H19N3O. The number of amidine groups is 1. The quantitative estimate of drug-likeness (QED) is 0.493. The Kier molecular flexibility index (Phi) is 4.07. The van der Waals surface area contributed by atoms with Crippen LogP contribution in [-0.2, 0) is 4.79 Å². The molecule has 0 aromatic heterocycles. The Labute approximate surface area is 79.4 Å². The Hall–Kier alpha value is -0.900. The van der Waals surface area contributed by atoms with Crippen LogP contribution < -0.4 is 11.5 Å². The molecule has 0 aromatic rings. The highest BCUT2D eigenvalue weighted by atomic mass is 16.1. The minimum Gasteiger partial charge on any atom is -0.388 e. The second-order valence-corrected chi connectivity index (χ2v) is 3.51. The molecule has 4 nitrogen and oxygen atoms in total. The fraction of sp³-hybridized carbons (Fsp3) is 0.778. The summed E-state index contributed by atoms with van der Waals surface area (Å²) in [7, 11) is 0. The summed E-state index contributed by atoms with van der Waals surface area (Å²) >= 11 is 0. The van der Waals surface area contributed by atoms with Gasteiger partial charge in [0.2, 0.25) is 0 Å². The van der Waals surface area contributed by atoms with Crippen LogP contribution in [0.25, 0.3) is 0 Å². The number of carbonyl (C=O) groups excluding carboxylic acids is 1. The van der Waals surface area contributed by atoms with E-state index in [1.54, 1.807) is 27.7 Å². The minimum atomic E-state index is -0.907. The Morgan fingerprint density at radius 3 is 2.38 bits per heavy atom. The lowest BCUT2D eigenvalue weighted by molar-refractivity contribution is -0.123. The van der Waals surface area contributed by atoms with E-state index in [2.05, 4.69) is 4.99 Å². The zero-order valence-electron chi connectivity index (χ0n) is 8.79. The lowest BCUT2D eigenvalue weighted by Gasteiger charge is -2.27. The van der Waals surface area contributed by atoms with Crippen LogP contribution in [0, 0.1) is 0 Å². The van der Waals surface area contributed by atoms with Crippen molar-refractivity contribution in [2.24, 2.45) is 16.5 Å². The Morgan fingerprint density at radius 2 is 2.08 bits per heavy atom. The largest absolute Gasteiger partial charge is 0.388 e. The van der Waals surface area contributed by atoms with E-state index in [4.69, 9.17) is 11.5 Å². The minimum absolute atomic E-state index is 0.00463. The lowest BCUT2D eigenvalue weighted by atomic mass is 9.89. The maximum atomic E-state index is 11.4. The van der Waals surface area contributed by atoms with Gasteiger partial charge in [-0.15, -0.1) is 0 Å². The van der Waals surface area contributed by atoms with Gasteiger partial charge in [0.15, 0.2) is 5.78 Å². The van der Waals surface area contributed by atoms with E-state index in [1.165, 1.54) is 0 Å². The van der Waals surface area contributed by atoms with Crippen LogP contribution in [0.1, 0.15) is 34.1 Å². The molecule has 0 aromatic carbocycles. The first-order valence-electron chi connectivity index (χ1n) is 4.44. The van der Waals surface area contributed by atoms with Gasteiger partial charge in [-0.3, -0.25) is 9.79 Å². The number of carbonyl (C=O) groups is 1. The third-order valence-corrected chi connectivity index (χ3v) is 2.19. The van der Waals surface area contributed by atoms with Gasteiger partial charge in [0.25, 0.3) is 0 Å². The second kappa shape index (κ2) is 4.37. The molecule has 76 valence electrons. The van der Waals surface area contributed by atoms with Crippen molar-refractivity contribution >= 4 is 11.6 Å². The zero-order chi connectivity index (χ0) is 10.6. The van der Waals surface area contributed by atoms with Gasteiger partial charge >= 0.3 is 0 Å². The predicted molar refractivity (Wildman–Crippen MR) is 54.6 cm³/mol. The number of rotatable bonds is 4. The molecule has 0 aliphatic heterocycles. The fourth-order valence-electron chi connectivity index (χ4n) is 1.05. The van der Waals surface area contributed by atoms with Gasteiger partial charge in [0.05, 0.1) is 17.4 Å². The standard InChI is InChI=1S/C9H19N3O/c1-5-8(13)9(4,11)6(2)12-7(3)10/h6H,5,11H2,1-4H3,(H2,10,12). The molecular weight excluding hydrogens is 166 g/mol. The topological polar surface area (TPSA) is 81.5 Å². The number of hydrogen-bond donors (Lipinski definition) is 2. The molecule has 0 saturated heterocycles. The number of nitrogens with two attached hydrogens (primary N) is 2. The molecule has 0 aliphatic rings.